The molecule has 3 rings (SSSR count). The molecular formula is C20H21NO2. The summed E-state index contributed by atoms with van der Waals surface area (Å²) < 4.78 is 0. The average molecular weight is 307 g/mol. The number of benzene rings is 2. The van der Waals surface area contributed by atoms with Crippen molar-refractivity contribution in [1.29, 1.82) is 0 Å². The van der Waals surface area contributed by atoms with Crippen LogP contribution >= 0.6 is 0 Å². The quantitative estimate of drug-likeness (QED) is 0.841. The maximum Gasteiger partial charge on any atom is 0.260 e. The number of hydrogen-bond donors (Lipinski definition) is 0. The summed E-state index contributed by atoms with van der Waals surface area (Å²) in [5, 5.41) is 1.44. The van der Waals surface area contributed by atoms with E-state index in [-0.39, 0.29) is 5.91 Å². The normalized spacial score (nSPS) is 16.6. The summed E-state index contributed by atoms with van der Waals surface area (Å²) in [5.74, 6) is -0.0380. The van der Waals surface area contributed by atoms with Gasteiger partial charge in [0.15, 0.2) is 0 Å². The number of rotatable bonds is 4. The minimum atomic E-state index is -0.559. The summed E-state index contributed by atoms with van der Waals surface area (Å²) in [6, 6.07) is 18.0. The predicted octanol–water partition coefficient (Wildman–Crippen LogP) is 4.34. The van der Waals surface area contributed by atoms with E-state index in [9.17, 15) is 4.79 Å². The standard InChI is InChI=1S/C20H21NO2/c1-15-9-11-17(12-10-15)18-13-20(2,3)19(22)21(18)23-14-16-7-5-4-6-8-16/h4-13H,14H2,1-3H3. The van der Waals surface area contributed by atoms with Crippen molar-refractivity contribution >= 4 is 11.6 Å². The van der Waals surface area contributed by atoms with Crippen LogP contribution in [0.5, 0.6) is 0 Å². The molecule has 0 atom stereocenters. The van der Waals surface area contributed by atoms with E-state index in [1.807, 2.05) is 81.4 Å². The molecule has 2 aromatic rings. The lowest BCUT2D eigenvalue weighted by molar-refractivity contribution is -0.173. The number of carbonyl (C=O) groups excluding carboxylic acids is 1. The minimum absolute atomic E-state index is 0.0380. The first-order chi connectivity index (χ1) is 11.0. The van der Waals surface area contributed by atoms with Crippen molar-refractivity contribution in [2.75, 3.05) is 0 Å². The molecule has 0 bridgehead atoms. The van der Waals surface area contributed by atoms with E-state index in [0.29, 0.717) is 6.61 Å². The predicted molar refractivity (Wildman–Crippen MR) is 91.0 cm³/mol. The second-order valence-electron chi connectivity index (χ2n) is 6.48. The van der Waals surface area contributed by atoms with E-state index < -0.39 is 5.41 Å². The monoisotopic (exact) mass is 307 g/mol. The van der Waals surface area contributed by atoms with Gasteiger partial charge < -0.3 is 0 Å². The molecule has 0 aromatic heterocycles. The number of hydroxylamine groups is 2. The molecule has 0 aliphatic carbocycles. The highest BCUT2D eigenvalue weighted by atomic mass is 16.7. The number of hydrogen-bond acceptors (Lipinski definition) is 2. The molecule has 118 valence electrons. The number of amides is 1. The van der Waals surface area contributed by atoms with Gasteiger partial charge in [0.1, 0.15) is 6.61 Å². The van der Waals surface area contributed by atoms with E-state index in [0.717, 1.165) is 16.8 Å². The van der Waals surface area contributed by atoms with Crippen LogP contribution in [-0.2, 0) is 16.2 Å². The Morgan fingerprint density at radius 3 is 2.30 bits per heavy atom. The van der Waals surface area contributed by atoms with Crippen molar-refractivity contribution in [1.82, 2.24) is 5.06 Å². The van der Waals surface area contributed by atoms with Crippen molar-refractivity contribution in [3.05, 3.63) is 77.4 Å². The summed E-state index contributed by atoms with van der Waals surface area (Å²) >= 11 is 0. The number of aryl methyl sites for hydroxylation is 1. The molecule has 1 aliphatic rings. The molecule has 0 saturated carbocycles. The lowest BCUT2D eigenvalue weighted by atomic mass is 9.94. The van der Waals surface area contributed by atoms with Gasteiger partial charge in [-0.15, -0.1) is 0 Å². The van der Waals surface area contributed by atoms with Gasteiger partial charge in [-0.25, -0.2) is 0 Å². The number of carbonyl (C=O) groups is 1. The Kier molecular flexibility index (Phi) is 4.05. The van der Waals surface area contributed by atoms with Crippen molar-refractivity contribution < 1.29 is 9.63 Å². The summed E-state index contributed by atoms with van der Waals surface area (Å²) in [4.78, 5) is 18.5. The lowest BCUT2D eigenvalue weighted by Crippen LogP contribution is -2.32. The Morgan fingerprint density at radius 2 is 1.65 bits per heavy atom. The average Bonchev–Trinajstić information content (AvgIpc) is 2.77. The molecule has 3 heteroatoms. The Morgan fingerprint density at radius 1 is 1.00 bits per heavy atom. The first-order valence-electron chi connectivity index (χ1n) is 7.79. The van der Waals surface area contributed by atoms with E-state index in [1.54, 1.807) is 0 Å². The van der Waals surface area contributed by atoms with Gasteiger partial charge in [-0.1, -0.05) is 60.2 Å². The fourth-order valence-corrected chi connectivity index (χ4v) is 2.60. The van der Waals surface area contributed by atoms with Crippen LogP contribution in [0.3, 0.4) is 0 Å². The molecule has 0 fully saturated rings. The zero-order valence-electron chi connectivity index (χ0n) is 13.7. The van der Waals surface area contributed by atoms with Crippen molar-refractivity contribution in [3.63, 3.8) is 0 Å². The summed E-state index contributed by atoms with van der Waals surface area (Å²) in [6.45, 7) is 6.24. The van der Waals surface area contributed by atoms with Crippen LogP contribution in [0.2, 0.25) is 0 Å². The zero-order valence-corrected chi connectivity index (χ0v) is 13.7. The van der Waals surface area contributed by atoms with Crippen LogP contribution in [0.4, 0.5) is 0 Å². The summed E-state index contributed by atoms with van der Waals surface area (Å²) in [6.07, 6.45) is 1.98. The third-order valence-electron chi connectivity index (χ3n) is 4.00. The highest BCUT2D eigenvalue weighted by Crippen LogP contribution is 2.37. The molecule has 1 amide bonds. The fraction of sp³-hybridized carbons (Fsp3) is 0.250. The molecular weight excluding hydrogens is 286 g/mol. The van der Waals surface area contributed by atoms with Crippen molar-refractivity contribution in [3.8, 4) is 0 Å². The Hall–Kier alpha value is -2.39. The molecule has 0 unspecified atom stereocenters. The minimum Gasteiger partial charge on any atom is -0.271 e. The van der Waals surface area contributed by atoms with E-state index >= 15 is 0 Å². The SMILES string of the molecule is Cc1ccc(C2=CC(C)(C)C(=O)N2OCc2ccccc2)cc1. The van der Waals surface area contributed by atoms with Gasteiger partial charge in [-0.2, -0.15) is 5.06 Å². The Balaban J connectivity index is 1.85. The third-order valence-corrected chi connectivity index (χ3v) is 4.00. The fourth-order valence-electron chi connectivity index (χ4n) is 2.60. The van der Waals surface area contributed by atoms with Crippen LogP contribution < -0.4 is 0 Å². The van der Waals surface area contributed by atoms with Crippen LogP contribution in [-0.4, -0.2) is 11.0 Å². The third kappa shape index (κ3) is 3.20. The first kappa shape index (κ1) is 15.5. The van der Waals surface area contributed by atoms with Gasteiger partial charge in [0.05, 0.1) is 11.1 Å². The second kappa shape index (κ2) is 6.01. The molecule has 1 heterocycles. The molecule has 3 nitrogen and oxygen atoms in total. The molecule has 0 radical (unpaired) electrons. The molecule has 2 aromatic carbocycles. The maximum atomic E-state index is 12.6. The maximum absolute atomic E-state index is 12.6. The first-order valence-corrected chi connectivity index (χ1v) is 7.79. The summed E-state index contributed by atoms with van der Waals surface area (Å²) in [7, 11) is 0. The van der Waals surface area contributed by atoms with Gasteiger partial charge in [-0.3, -0.25) is 9.63 Å². The Labute approximate surface area is 137 Å². The molecule has 1 aliphatic heterocycles. The van der Waals surface area contributed by atoms with E-state index in [2.05, 4.69) is 0 Å². The van der Waals surface area contributed by atoms with Gasteiger partial charge in [0.25, 0.3) is 5.91 Å². The highest BCUT2D eigenvalue weighted by Gasteiger charge is 2.40. The van der Waals surface area contributed by atoms with Gasteiger partial charge in [0, 0.05) is 5.56 Å². The Bertz CT molecular complexity index is 730. The van der Waals surface area contributed by atoms with Crippen LogP contribution in [0, 0.1) is 12.3 Å². The van der Waals surface area contributed by atoms with Gasteiger partial charge in [0.2, 0.25) is 0 Å². The van der Waals surface area contributed by atoms with Gasteiger partial charge in [-0.05, 0) is 32.4 Å². The molecule has 0 spiro atoms. The molecule has 0 N–H and O–H groups in total. The summed E-state index contributed by atoms with van der Waals surface area (Å²) in [5.41, 5.74) is 3.47. The van der Waals surface area contributed by atoms with E-state index in [1.165, 1.54) is 10.6 Å². The lowest BCUT2D eigenvalue weighted by Gasteiger charge is -2.22. The topological polar surface area (TPSA) is 29.5 Å². The zero-order chi connectivity index (χ0) is 16.4. The molecule has 23 heavy (non-hydrogen) atoms. The van der Waals surface area contributed by atoms with Crippen molar-refractivity contribution in [2.24, 2.45) is 5.41 Å². The second-order valence-corrected chi connectivity index (χ2v) is 6.48. The van der Waals surface area contributed by atoms with Crippen LogP contribution in [0.15, 0.2) is 60.7 Å². The van der Waals surface area contributed by atoms with Gasteiger partial charge >= 0.3 is 0 Å². The van der Waals surface area contributed by atoms with Crippen molar-refractivity contribution in [2.45, 2.75) is 27.4 Å². The largest absolute Gasteiger partial charge is 0.271 e. The van der Waals surface area contributed by atoms with E-state index in [4.69, 9.17) is 4.84 Å². The van der Waals surface area contributed by atoms with Crippen LogP contribution in [0.25, 0.3) is 5.70 Å². The molecule has 0 saturated heterocycles. The highest BCUT2D eigenvalue weighted by molar-refractivity contribution is 5.97. The smallest absolute Gasteiger partial charge is 0.260 e. The van der Waals surface area contributed by atoms with Crippen LogP contribution in [0.1, 0.15) is 30.5 Å². The number of nitrogens with zero attached hydrogens (tertiary/aromatic N) is 1.